The van der Waals surface area contributed by atoms with Crippen LogP contribution in [0.4, 0.5) is 0 Å². The molecule has 6 N–H and O–H groups in total. The summed E-state index contributed by atoms with van der Waals surface area (Å²) in [5.41, 5.74) is 5.69. The SMILES string of the molecule is CC[C@H](C)[C@H](N)C(=O)N[C@@H](CC(=O)O)C(=O)NCC(=O)O. The predicted molar refractivity (Wildman–Crippen MR) is 72.3 cm³/mol. The van der Waals surface area contributed by atoms with Crippen molar-refractivity contribution < 1.29 is 29.4 Å². The van der Waals surface area contributed by atoms with Gasteiger partial charge >= 0.3 is 11.9 Å². The second kappa shape index (κ2) is 8.90. The van der Waals surface area contributed by atoms with Crippen molar-refractivity contribution in [2.45, 2.75) is 38.8 Å². The van der Waals surface area contributed by atoms with Crippen LogP contribution in [0, 0.1) is 5.92 Å². The lowest BCUT2D eigenvalue weighted by molar-refractivity contribution is -0.141. The van der Waals surface area contributed by atoms with E-state index in [9.17, 15) is 19.2 Å². The molecule has 0 fully saturated rings. The molecule has 0 heterocycles. The first kappa shape index (κ1) is 18.8. The molecule has 0 aromatic heterocycles. The fourth-order valence-electron chi connectivity index (χ4n) is 1.45. The molecule has 2 amide bonds. The Kier molecular flexibility index (Phi) is 7.99. The molecule has 0 saturated carbocycles. The van der Waals surface area contributed by atoms with Crippen LogP contribution in [0.5, 0.6) is 0 Å². The molecule has 0 aliphatic heterocycles. The molecule has 0 aliphatic carbocycles. The molecule has 21 heavy (non-hydrogen) atoms. The van der Waals surface area contributed by atoms with Gasteiger partial charge in [-0.15, -0.1) is 0 Å². The monoisotopic (exact) mass is 303 g/mol. The lowest BCUT2D eigenvalue weighted by atomic mass is 9.99. The van der Waals surface area contributed by atoms with Crippen LogP contribution in [0.3, 0.4) is 0 Å². The van der Waals surface area contributed by atoms with Gasteiger partial charge in [0.25, 0.3) is 0 Å². The third-order valence-corrected chi connectivity index (χ3v) is 2.99. The maximum Gasteiger partial charge on any atom is 0.322 e. The fraction of sp³-hybridized carbons (Fsp3) is 0.667. The van der Waals surface area contributed by atoms with Gasteiger partial charge in [0.2, 0.25) is 11.8 Å². The van der Waals surface area contributed by atoms with Crippen molar-refractivity contribution in [3.05, 3.63) is 0 Å². The molecule has 0 aliphatic rings. The lowest BCUT2D eigenvalue weighted by Gasteiger charge is -2.21. The van der Waals surface area contributed by atoms with E-state index in [0.717, 1.165) is 0 Å². The molecule has 120 valence electrons. The largest absolute Gasteiger partial charge is 0.481 e. The molecular weight excluding hydrogens is 282 g/mol. The van der Waals surface area contributed by atoms with E-state index in [1.165, 1.54) is 0 Å². The Morgan fingerprint density at radius 2 is 1.67 bits per heavy atom. The van der Waals surface area contributed by atoms with E-state index in [0.29, 0.717) is 6.42 Å². The lowest BCUT2D eigenvalue weighted by Crippen LogP contribution is -2.54. The maximum absolute atomic E-state index is 11.9. The molecule has 0 rings (SSSR count). The quantitative estimate of drug-likeness (QED) is 0.347. The first-order chi connectivity index (χ1) is 9.68. The number of hydrogen-bond donors (Lipinski definition) is 5. The van der Waals surface area contributed by atoms with Gasteiger partial charge in [-0.25, -0.2) is 0 Å². The second-order valence-corrected chi connectivity index (χ2v) is 4.68. The Bertz CT molecular complexity index is 412. The van der Waals surface area contributed by atoms with Crippen LogP contribution in [0.1, 0.15) is 26.7 Å². The second-order valence-electron chi connectivity index (χ2n) is 4.68. The number of rotatable bonds is 9. The number of amides is 2. The Hall–Kier alpha value is -2.16. The van der Waals surface area contributed by atoms with Gasteiger partial charge in [0.15, 0.2) is 0 Å². The molecule has 9 nitrogen and oxygen atoms in total. The zero-order chi connectivity index (χ0) is 16.6. The van der Waals surface area contributed by atoms with E-state index < -0.39 is 48.8 Å². The number of nitrogens with two attached hydrogens (primary N) is 1. The van der Waals surface area contributed by atoms with Crippen molar-refractivity contribution in [1.82, 2.24) is 10.6 Å². The zero-order valence-electron chi connectivity index (χ0n) is 12.0. The number of aliphatic carboxylic acids is 2. The number of carbonyl (C=O) groups is 4. The summed E-state index contributed by atoms with van der Waals surface area (Å²) in [6.07, 6.45) is -0.0200. The van der Waals surface area contributed by atoms with Crippen LogP contribution in [0.15, 0.2) is 0 Å². The first-order valence-corrected chi connectivity index (χ1v) is 6.46. The van der Waals surface area contributed by atoms with Gasteiger partial charge in [-0.05, 0) is 5.92 Å². The summed E-state index contributed by atoms with van der Waals surface area (Å²) in [7, 11) is 0. The highest BCUT2D eigenvalue weighted by Gasteiger charge is 2.27. The Labute approximate surface area is 121 Å². The molecule has 0 saturated heterocycles. The number of carboxylic acids is 2. The Balaban J connectivity index is 4.75. The number of hydrogen-bond acceptors (Lipinski definition) is 5. The van der Waals surface area contributed by atoms with Crippen molar-refractivity contribution in [2.75, 3.05) is 6.54 Å². The van der Waals surface area contributed by atoms with Crippen molar-refractivity contribution in [3.63, 3.8) is 0 Å². The number of nitrogens with one attached hydrogen (secondary N) is 2. The van der Waals surface area contributed by atoms with E-state index in [1.807, 2.05) is 12.2 Å². The van der Waals surface area contributed by atoms with Crippen LogP contribution in [0.25, 0.3) is 0 Å². The van der Waals surface area contributed by atoms with E-state index in [4.69, 9.17) is 15.9 Å². The molecule has 0 radical (unpaired) electrons. The Morgan fingerprint density at radius 3 is 2.10 bits per heavy atom. The summed E-state index contributed by atoms with van der Waals surface area (Å²) in [5, 5.41) is 21.5. The number of carbonyl (C=O) groups excluding carboxylic acids is 2. The minimum atomic E-state index is -1.37. The first-order valence-electron chi connectivity index (χ1n) is 6.46. The highest BCUT2D eigenvalue weighted by atomic mass is 16.4. The molecule has 0 aromatic carbocycles. The average molecular weight is 303 g/mol. The standard InChI is InChI=1S/C12H21N3O6/c1-3-6(2)10(13)12(21)15-7(4-8(16)17)11(20)14-5-9(18)19/h6-7,10H,3-5,13H2,1-2H3,(H,14,20)(H,15,21)(H,16,17)(H,18,19)/t6-,7-,10-/m0/s1. The van der Waals surface area contributed by atoms with Gasteiger partial charge in [-0.3, -0.25) is 19.2 Å². The smallest absolute Gasteiger partial charge is 0.322 e. The van der Waals surface area contributed by atoms with E-state index in [1.54, 1.807) is 6.92 Å². The molecule has 9 heteroatoms. The van der Waals surface area contributed by atoms with Gasteiger partial charge in [-0.2, -0.15) is 0 Å². The minimum Gasteiger partial charge on any atom is -0.481 e. The minimum absolute atomic E-state index is 0.141. The molecule has 0 spiro atoms. The highest BCUT2D eigenvalue weighted by molar-refractivity contribution is 5.93. The third kappa shape index (κ3) is 7.25. The van der Waals surface area contributed by atoms with Crippen LogP contribution in [-0.4, -0.2) is 52.6 Å². The van der Waals surface area contributed by atoms with Crippen LogP contribution in [0.2, 0.25) is 0 Å². The summed E-state index contributed by atoms with van der Waals surface area (Å²) in [6, 6.07) is -2.25. The molecule has 3 atom stereocenters. The zero-order valence-corrected chi connectivity index (χ0v) is 12.0. The number of carboxylic acid groups (broad SMARTS) is 2. The van der Waals surface area contributed by atoms with Crippen molar-refractivity contribution in [2.24, 2.45) is 11.7 Å². The summed E-state index contributed by atoms with van der Waals surface area (Å²) in [5.74, 6) is -4.26. The molecule has 0 unspecified atom stereocenters. The van der Waals surface area contributed by atoms with Gasteiger partial charge in [0, 0.05) is 0 Å². The van der Waals surface area contributed by atoms with Gasteiger partial charge in [-0.1, -0.05) is 20.3 Å². The van der Waals surface area contributed by atoms with Crippen molar-refractivity contribution in [1.29, 1.82) is 0 Å². The maximum atomic E-state index is 11.9. The third-order valence-electron chi connectivity index (χ3n) is 2.99. The van der Waals surface area contributed by atoms with Crippen LogP contribution >= 0.6 is 0 Å². The van der Waals surface area contributed by atoms with Crippen LogP contribution < -0.4 is 16.4 Å². The summed E-state index contributed by atoms with van der Waals surface area (Å²) < 4.78 is 0. The summed E-state index contributed by atoms with van der Waals surface area (Å²) in [4.78, 5) is 44.6. The summed E-state index contributed by atoms with van der Waals surface area (Å²) >= 11 is 0. The Morgan fingerprint density at radius 1 is 1.10 bits per heavy atom. The normalized spacial score (nSPS) is 14.6. The molecular formula is C12H21N3O6. The van der Waals surface area contributed by atoms with Crippen molar-refractivity contribution in [3.8, 4) is 0 Å². The predicted octanol–water partition coefficient (Wildman–Crippen LogP) is -1.48. The fourth-order valence-corrected chi connectivity index (χ4v) is 1.45. The van der Waals surface area contributed by atoms with E-state index >= 15 is 0 Å². The molecule has 0 bridgehead atoms. The van der Waals surface area contributed by atoms with Gasteiger partial charge in [0.1, 0.15) is 12.6 Å². The van der Waals surface area contributed by atoms with Gasteiger partial charge in [0.05, 0.1) is 12.5 Å². The summed E-state index contributed by atoms with van der Waals surface area (Å²) in [6.45, 7) is 2.93. The highest BCUT2D eigenvalue weighted by Crippen LogP contribution is 2.06. The van der Waals surface area contributed by atoms with Crippen LogP contribution in [-0.2, 0) is 19.2 Å². The average Bonchev–Trinajstić information content (AvgIpc) is 2.41. The van der Waals surface area contributed by atoms with Gasteiger partial charge < -0.3 is 26.6 Å². The van der Waals surface area contributed by atoms with E-state index in [-0.39, 0.29) is 5.92 Å². The topological polar surface area (TPSA) is 159 Å². The van der Waals surface area contributed by atoms with E-state index in [2.05, 4.69) is 5.32 Å². The molecule has 0 aromatic rings. The van der Waals surface area contributed by atoms with Crippen molar-refractivity contribution >= 4 is 23.8 Å².